The van der Waals surface area contributed by atoms with Crippen molar-refractivity contribution in [1.29, 1.82) is 0 Å². The van der Waals surface area contributed by atoms with Crippen LogP contribution in [0.2, 0.25) is 0 Å². The van der Waals surface area contributed by atoms with Crippen LogP contribution in [0.25, 0.3) is 0 Å². The van der Waals surface area contributed by atoms with Gasteiger partial charge in [-0.1, -0.05) is 73.7 Å². The Hall–Kier alpha value is -4.57. The predicted molar refractivity (Wildman–Crippen MR) is 166 cm³/mol. The van der Waals surface area contributed by atoms with Gasteiger partial charge in [0.05, 0.1) is 10.6 Å². The highest BCUT2D eigenvalue weighted by Crippen LogP contribution is 2.25. The summed E-state index contributed by atoms with van der Waals surface area (Å²) in [5.41, 5.74) is 1.13. The maximum atomic E-state index is 15.0. The first-order chi connectivity index (χ1) is 21.1. The molecule has 4 aromatic carbocycles. The van der Waals surface area contributed by atoms with Gasteiger partial charge in [0.25, 0.3) is 10.0 Å². The van der Waals surface area contributed by atoms with E-state index in [1.807, 2.05) is 44.2 Å². The van der Waals surface area contributed by atoms with E-state index >= 15 is 0 Å². The topological polar surface area (TPSA) is 86.8 Å². The van der Waals surface area contributed by atoms with Crippen LogP contribution in [0.15, 0.2) is 114 Å². The number of nitrogens with zero attached hydrogens (tertiary/aromatic N) is 2. The lowest BCUT2D eigenvalue weighted by Gasteiger charge is -2.34. The highest BCUT2D eigenvalue weighted by atomic mass is 32.2. The summed E-state index contributed by atoms with van der Waals surface area (Å²) in [5, 5.41) is 2.94. The van der Waals surface area contributed by atoms with Gasteiger partial charge in [0.2, 0.25) is 11.8 Å². The van der Waals surface area contributed by atoms with Gasteiger partial charge in [0.15, 0.2) is 0 Å². The van der Waals surface area contributed by atoms with Gasteiger partial charge < -0.3 is 10.2 Å². The van der Waals surface area contributed by atoms with E-state index in [4.69, 9.17) is 0 Å². The highest BCUT2D eigenvalue weighted by molar-refractivity contribution is 7.92. The predicted octanol–water partition coefficient (Wildman–Crippen LogP) is 5.71. The quantitative estimate of drug-likeness (QED) is 0.208. The molecule has 0 aliphatic carbocycles. The van der Waals surface area contributed by atoms with Gasteiger partial charge in [0.1, 0.15) is 24.2 Å². The Morgan fingerprint density at radius 2 is 1.41 bits per heavy atom. The zero-order valence-corrected chi connectivity index (χ0v) is 25.4. The number of anilines is 1. The molecule has 0 spiro atoms. The van der Waals surface area contributed by atoms with Gasteiger partial charge in [0, 0.05) is 24.6 Å². The normalized spacial score (nSPS) is 12.6. The van der Waals surface area contributed by atoms with Crippen molar-refractivity contribution in [2.45, 2.75) is 50.2 Å². The molecule has 0 aliphatic rings. The van der Waals surface area contributed by atoms with Crippen LogP contribution >= 0.6 is 0 Å². The Morgan fingerprint density at radius 1 is 0.818 bits per heavy atom. The van der Waals surface area contributed by atoms with Crippen LogP contribution < -0.4 is 9.62 Å². The monoisotopic (exact) mass is 619 g/mol. The Bertz CT molecular complexity index is 1650. The van der Waals surface area contributed by atoms with Crippen molar-refractivity contribution in [3.63, 3.8) is 0 Å². The Labute approximate surface area is 257 Å². The van der Waals surface area contributed by atoms with Gasteiger partial charge in [-0.2, -0.15) is 0 Å². The number of hydrogen-bond donors (Lipinski definition) is 1. The van der Waals surface area contributed by atoms with Gasteiger partial charge in [-0.3, -0.25) is 13.9 Å². The minimum atomic E-state index is -4.36. The van der Waals surface area contributed by atoms with Gasteiger partial charge in [-0.25, -0.2) is 17.2 Å². The van der Waals surface area contributed by atoms with Gasteiger partial charge >= 0.3 is 0 Å². The van der Waals surface area contributed by atoms with Crippen LogP contribution in [0.1, 0.15) is 31.4 Å². The second-order valence-corrected chi connectivity index (χ2v) is 12.3. The molecule has 2 amide bonds. The van der Waals surface area contributed by atoms with Crippen LogP contribution in [-0.4, -0.2) is 43.8 Å². The van der Waals surface area contributed by atoms with Crippen molar-refractivity contribution in [2.24, 2.45) is 0 Å². The molecule has 7 nitrogen and oxygen atoms in total. The second kappa shape index (κ2) is 14.7. The number of carbonyl (C=O) groups excluding carboxylic acids is 2. The Balaban J connectivity index is 1.80. The summed E-state index contributed by atoms with van der Waals surface area (Å²) in [6, 6.07) is 26.1. The van der Waals surface area contributed by atoms with Crippen LogP contribution in [0.5, 0.6) is 0 Å². The number of sulfonamides is 1. The molecule has 44 heavy (non-hydrogen) atoms. The molecule has 0 fully saturated rings. The van der Waals surface area contributed by atoms with Crippen molar-refractivity contribution in [2.75, 3.05) is 10.8 Å². The summed E-state index contributed by atoms with van der Waals surface area (Å²) in [6.45, 7) is 2.78. The average Bonchev–Trinajstić information content (AvgIpc) is 3.03. The molecule has 0 aromatic heterocycles. The smallest absolute Gasteiger partial charge is 0.264 e. The van der Waals surface area contributed by atoms with Crippen LogP contribution in [0.3, 0.4) is 0 Å². The fourth-order valence-electron chi connectivity index (χ4n) is 4.66. The molecule has 1 N–H and O–H groups in total. The minimum absolute atomic E-state index is 0.110. The summed E-state index contributed by atoms with van der Waals surface area (Å²) in [6.07, 6.45) is 0.752. The van der Waals surface area contributed by atoms with Crippen molar-refractivity contribution in [1.82, 2.24) is 10.2 Å². The molecule has 0 aliphatic heterocycles. The van der Waals surface area contributed by atoms with Gasteiger partial charge in [-0.05, 0) is 61.4 Å². The summed E-state index contributed by atoms with van der Waals surface area (Å²) < 4.78 is 57.3. The van der Waals surface area contributed by atoms with E-state index in [0.29, 0.717) is 6.42 Å². The molecule has 0 saturated heterocycles. The maximum absolute atomic E-state index is 15.0. The molecule has 0 saturated carbocycles. The van der Waals surface area contributed by atoms with E-state index < -0.39 is 46.1 Å². The van der Waals surface area contributed by atoms with Crippen molar-refractivity contribution < 1.29 is 26.8 Å². The van der Waals surface area contributed by atoms with Crippen molar-refractivity contribution >= 4 is 27.5 Å². The van der Waals surface area contributed by atoms with E-state index in [1.165, 1.54) is 35.2 Å². The molecule has 10 heteroatoms. The first kappa shape index (κ1) is 32.3. The number of halogens is 2. The molecule has 0 heterocycles. The second-order valence-electron chi connectivity index (χ2n) is 10.4. The molecule has 4 aromatic rings. The van der Waals surface area contributed by atoms with Crippen LogP contribution in [0.4, 0.5) is 14.5 Å². The number of nitrogens with one attached hydrogen (secondary N) is 1. The lowest BCUT2D eigenvalue weighted by molar-refractivity contribution is -0.140. The minimum Gasteiger partial charge on any atom is -0.352 e. The molecule has 0 radical (unpaired) electrons. The largest absolute Gasteiger partial charge is 0.352 e. The first-order valence-corrected chi connectivity index (χ1v) is 15.7. The fraction of sp³-hybridized carbons (Fsp3) is 0.235. The summed E-state index contributed by atoms with van der Waals surface area (Å²) in [4.78, 5) is 29.1. The maximum Gasteiger partial charge on any atom is 0.264 e. The fourth-order valence-corrected chi connectivity index (χ4v) is 6.08. The molecular weight excluding hydrogens is 584 g/mol. The van der Waals surface area contributed by atoms with E-state index in [1.54, 1.807) is 24.3 Å². The van der Waals surface area contributed by atoms with E-state index in [2.05, 4.69) is 5.32 Å². The molecule has 230 valence electrons. The number of rotatable bonds is 13. The third-order valence-corrected chi connectivity index (χ3v) is 9.08. The van der Waals surface area contributed by atoms with Gasteiger partial charge in [-0.15, -0.1) is 0 Å². The van der Waals surface area contributed by atoms with E-state index in [0.717, 1.165) is 34.1 Å². The summed E-state index contributed by atoms with van der Waals surface area (Å²) >= 11 is 0. The van der Waals surface area contributed by atoms with Crippen LogP contribution in [0, 0.1) is 11.6 Å². The van der Waals surface area contributed by atoms with Crippen LogP contribution in [-0.2, 0) is 32.6 Å². The molecule has 0 unspecified atom stereocenters. The lowest BCUT2D eigenvalue weighted by Crippen LogP contribution is -2.54. The average molecular weight is 620 g/mol. The van der Waals surface area contributed by atoms with Crippen molar-refractivity contribution in [3.05, 3.63) is 132 Å². The standard InChI is InChI=1S/C34H35F2N3O4S/c1-3-25(2)37-34(41)32(22-26-12-6-4-7-13-26)38(23-27-14-10-11-17-31(27)36)33(40)24-39(29-15-8-5-9-16-29)44(42,43)30-20-18-28(35)19-21-30/h4-21,25,32H,3,22-24H2,1-2H3,(H,37,41)/t25-,32-/m1/s1. The number of hydrogen-bond acceptors (Lipinski definition) is 4. The first-order valence-electron chi connectivity index (χ1n) is 14.3. The highest BCUT2D eigenvalue weighted by Gasteiger charge is 2.35. The SMILES string of the molecule is CC[C@@H](C)NC(=O)[C@@H](Cc1ccccc1)N(Cc1ccccc1F)C(=O)CN(c1ccccc1)S(=O)(=O)c1ccc(F)cc1. The number of amides is 2. The molecular formula is C34H35F2N3O4S. The third-order valence-electron chi connectivity index (χ3n) is 7.30. The summed E-state index contributed by atoms with van der Waals surface area (Å²) in [5.74, 6) is -2.34. The Morgan fingerprint density at radius 3 is 2.02 bits per heavy atom. The van der Waals surface area contributed by atoms with E-state index in [9.17, 15) is 26.8 Å². The van der Waals surface area contributed by atoms with Crippen molar-refractivity contribution in [3.8, 4) is 0 Å². The number of benzene rings is 4. The zero-order chi connectivity index (χ0) is 31.7. The molecule has 4 rings (SSSR count). The zero-order valence-electron chi connectivity index (χ0n) is 24.6. The number of para-hydroxylation sites is 1. The Kier molecular flexibility index (Phi) is 10.8. The third kappa shape index (κ3) is 8.08. The molecule has 2 atom stereocenters. The number of carbonyl (C=O) groups is 2. The lowest BCUT2D eigenvalue weighted by atomic mass is 10.0. The van der Waals surface area contributed by atoms with E-state index in [-0.39, 0.29) is 35.2 Å². The molecule has 0 bridgehead atoms. The summed E-state index contributed by atoms with van der Waals surface area (Å²) in [7, 11) is -4.36.